The largest absolute Gasteiger partial charge is 0.383 e. The van der Waals surface area contributed by atoms with Crippen molar-refractivity contribution in [3.8, 4) is 0 Å². The zero-order chi connectivity index (χ0) is 12.8. The molecule has 1 aromatic rings. The number of nitrogens with zero attached hydrogens (tertiary/aromatic N) is 2. The van der Waals surface area contributed by atoms with Crippen molar-refractivity contribution < 1.29 is 9.59 Å². The summed E-state index contributed by atoms with van der Waals surface area (Å²) in [5, 5.41) is 8.66. The molecule has 0 spiro atoms. The van der Waals surface area contributed by atoms with Crippen molar-refractivity contribution in [2.75, 3.05) is 25.9 Å². The first-order chi connectivity index (χ1) is 8.10. The lowest BCUT2D eigenvalue weighted by molar-refractivity contribution is -0.121. The molecule has 0 saturated heterocycles. The average Bonchev–Trinajstić information content (AvgIpc) is 2.73. The standard InChI is InChI=1S/C10H17N5O2/c1-3-4-15(6-8(16)12-2)10(17)7-5-13-14-9(7)11/h5H,3-4,6H2,1-2H3,(H,12,16)(H3,11,13,14). The smallest absolute Gasteiger partial charge is 0.259 e. The Balaban J connectivity index is 2.80. The molecule has 0 bridgehead atoms. The van der Waals surface area contributed by atoms with E-state index in [9.17, 15) is 9.59 Å². The Labute approximate surface area is 99.4 Å². The summed E-state index contributed by atoms with van der Waals surface area (Å²) in [5.74, 6) is -0.288. The molecule has 4 N–H and O–H groups in total. The normalized spacial score (nSPS) is 10.0. The second-order valence-corrected chi connectivity index (χ2v) is 3.60. The molecule has 0 aromatic carbocycles. The molecule has 0 aliphatic carbocycles. The van der Waals surface area contributed by atoms with Crippen LogP contribution in [0, 0.1) is 0 Å². The van der Waals surface area contributed by atoms with E-state index < -0.39 is 0 Å². The Bertz CT molecular complexity index is 401. The highest BCUT2D eigenvalue weighted by atomic mass is 16.2. The molecule has 1 rings (SSSR count). The summed E-state index contributed by atoms with van der Waals surface area (Å²) < 4.78 is 0. The maximum absolute atomic E-state index is 12.1. The molecule has 2 amide bonds. The number of rotatable bonds is 5. The van der Waals surface area contributed by atoms with Crippen LogP contribution in [-0.4, -0.2) is 47.0 Å². The van der Waals surface area contributed by atoms with Crippen LogP contribution in [0.25, 0.3) is 0 Å². The van der Waals surface area contributed by atoms with Crippen molar-refractivity contribution in [1.29, 1.82) is 0 Å². The zero-order valence-corrected chi connectivity index (χ0v) is 9.99. The zero-order valence-electron chi connectivity index (χ0n) is 9.99. The van der Waals surface area contributed by atoms with Crippen LogP contribution in [0.3, 0.4) is 0 Å². The number of nitrogen functional groups attached to an aromatic ring is 1. The summed E-state index contributed by atoms with van der Waals surface area (Å²) in [4.78, 5) is 24.8. The van der Waals surface area contributed by atoms with Crippen molar-refractivity contribution in [2.45, 2.75) is 13.3 Å². The Morgan fingerprint density at radius 1 is 1.59 bits per heavy atom. The molecule has 0 fully saturated rings. The Hall–Kier alpha value is -2.05. The van der Waals surface area contributed by atoms with Gasteiger partial charge in [-0.05, 0) is 6.42 Å². The number of carbonyl (C=O) groups excluding carboxylic acids is 2. The van der Waals surface area contributed by atoms with Gasteiger partial charge in [0, 0.05) is 13.6 Å². The van der Waals surface area contributed by atoms with Gasteiger partial charge in [0.05, 0.1) is 12.7 Å². The van der Waals surface area contributed by atoms with Crippen LogP contribution < -0.4 is 11.1 Å². The minimum Gasteiger partial charge on any atom is -0.383 e. The van der Waals surface area contributed by atoms with E-state index in [0.29, 0.717) is 12.1 Å². The number of nitrogens with one attached hydrogen (secondary N) is 2. The fourth-order valence-corrected chi connectivity index (χ4v) is 1.41. The van der Waals surface area contributed by atoms with Gasteiger partial charge >= 0.3 is 0 Å². The van der Waals surface area contributed by atoms with E-state index in [2.05, 4.69) is 15.5 Å². The Morgan fingerprint density at radius 2 is 2.29 bits per heavy atom. The van der Waals surface area contributed by atoms with Crippen LogP contribution in [0.15, 0.2) is 6.20 Å². The average molecular weight is 239 g/mol. The number of aromatic nitrogens is 2. The summed E-state index contributed by atoms with van der Waals surface area (Å²) in [7, 11) is 1.53. The Kier molecular flexibility index (Phi) is 4.50. The first kappa shape index (κ1) is 13.0. The summed E-state index contributed by atoms with van der Waals surface area (Å²) >= 11 is 0. The molecule has 17 heavy (non-hydrogen) atoms. The second kappa shape index (κ2) is 5.88. The van der Waals surface area contributed by atoms with Crippen molar-refractivity contribution in [3.63, 3.8) is 0 Å². The van der Waals surface area contributed by atoms with Gasteiger partial charge in [0.1, 0.15) is 11.4 Å². The van der Waals surface area contributed by atoms with Crippen LogP contribution >= 0.6 is 0 Å². The third kappa shape index (κ3) is 3.20. The fourth-order valence-electron chi connectivity index (χ4n) is 1.41. The van der Waals surface area contributed by atoms with Crippen LogP contribution in [0.4, 0.5) is 5.82 Å². The highest BCUT2D eigenvalue weighted by molar-refractivity contribution is 5.99. The van der Waals surface area contributed by atoms with Gasteiger partial charge in [0.15, 0.2) is 0 Å². The predicted octanol–water partition coefficient (Wildman–Crippen LogP) is -0.410. The maximum atomic E-state index is 12.1. The molecule has 1 heterocycles. The van der Waals surface area contributed by atoms with Crippen LogP contribution in [0.1, 0.15) is 23.7 Å². The van der Waals surface area contributed by atoms with Gasteiger partial charge in [0.25, 0.3) is 5.91 Å². The van der Waals surface area contributed by atoms with E-state index in [1.807, 2.05) is 6.92 Å². The highest BCUT2D eigenvalue weighted by Crippen LogP contribution is 2.10. The van der Waals surface area contributed by atoms with E-state index in [1.54, 1.807) is 0 Å². The number of amides is 2. The number of nitrogens with two attached hydrogens (primary N) is 1. The summed E-state index contributed by atoms with van der Waals surface area (Å²) in [6.45, 7) is 2.45. The van der Waals surface area contributed by atoms with E-state index >= 15 is 0 Å². The minimum atomic E-state index is -0.290. The van der Waals surface area contributed by atoms with E-state index in [4.69, 9.17) is 5.73 Å². The molecule has 0 atom stereocenters. The van der Waals surface area contributed by atoms with Crippen molar-refractivity contribution >= 4 is 17.6 Å². The van der Waals surface area contributed by atoms with Crippen molar-refractivity contribution in [3.05, 3.63) is 11.8 Å². The summed E-state index contributed by atoms with van der Waals surface area (Å²) in [6, 6.07) is 0. The SMILES string of the molecule is CCCN(CC(=O)NC)C(=O)c1cn[nH]c1N. The lowest BCUT2D eigenvalue weighted by atomic mass is 10.2. The molecule has 7 nitrogen and oxygen atoms in total. The van der Waals surface area contributed by atoms with Gasteiger partial charge in [-0.3, -0.25) is 14.7 Å². The Morgan fingerprint density at radius 3 is 2.76 bits per heavy atom. The molecular formula is C10H17N5O2. The molecule has 0 radical (unpaired) electrons. The molecule has 1 aromatic heterocycles. The second-order valence-electron chi connectivity index (χ2n) is 3.60. The van der Waals surface area contributed by atoms with Crippen LogP contribution in [0.5, 0.6) is 0 Å². The van der Waals surface area contributed by atoms with Crippen molar-refractivity contribution in [1.82, 2.24) is 20.4 Å². The molecule has 7 heteroatoms. The molecule has 0 aliphatic rings. The maximum Gasteiger partial charge on any atom is 0.259 e. The number of hydrogen-bond donors (Lipinski definition) is 3. The van der Waals surface area contributed by atoms with Crippen LogP contribution in [0.2, 0.25) is 0 Å². The minimum absolute atomic E-state index is 0.0216. The number of H-pyrrole nitrogens is 1. The van der Waals surface area contributed by atoms with Gasteiger partial charge < -0.3 is 16.0 Å². The molecule has 0 saturated carbocycles. The number of anilines is 1. The lowest BCUT2D eigenvalue weighted by Crippen LogP contribution is -2.40. The monoisotopic (exact) mass is 239 g/mol. The number of carbonyl (C=O) groups is 2. The number of hydrogen-bond acceptors (Lipinski definition) is 4. The third-order valence-electron chi connectivity index (χ3n) is 2.29. The number of likely N-dealkylation sites (N-methyl/N-ethyl adjacent to an activating group) is 1. The fraction of sp³-hybridized carbons (Fsp3) is 0.500. The van der Waals surface area contributed by atoms with E-state index in [0.717, 1.165) is 6.42 Å². The quantitative estimate of drug-likeness (QED) is 0.649. The van der Waals surface area contributed by atoms with Gasteiger partial charge in [-0.2, -0.15) is 5.10 Å². The predicted molar refractivity (Wildman–Crippen MR) is 63.3 cm³/mol. The summed E-state index contributed by atoms with van der Waals surface area (Å²) in [6.07, 6.45) is 2.13. The lowest BCUT2D eigenvalue weighted by Gasteiger charge is -2.20. The first-order valence-electron chi connectivity index (χ1n) is 5.38. The topological polar surface area (TPSA) is 104 Å². The molecule has 94 valence electrons. The number of aromatic amines is 1. The van der Waals surface area contributed by atoms with Gasteiger partial charge in [-0.15, -0.1) is 0 Å². The highest BCUT2D eigenvalue weighted by Gasteiger charge is 2.20. The van der Waals surface area contributed by atoms with Crippen molar-refractivity contribution in [2.24, 2.45) is 0 Å². The van der Waals surface area contributed by atoms with Gasteiger partial charge in [-0.1, -0.05) is 6.92 Å². The van der Waals surface area contributed by atoms with E-state index in [-0.39, 0.29) is 24.2 Å². The third-order valence-corrected chi connectivity index (χ3v) is 2.29. The van der Waals surface area contributed by atoms with Gasteiger partial charge in [0.2, 0.25) is 5.91 Å². The first-order valence-corrected chi connectivity index (χ1v) is 5.38. The van der Waals surface area contributed by atoms with E-state index in [1.165, 1.54) is 18.1 Å². The van der Waals surface area contributed by atoms with Gasteiger partial charge in [-0.25, -0.2) is 0 Å². The summed E-state index contributed by atoms with van der Waals surface area (Å²) in [5.41, 5.74) is 5.87. The molecular weight excluding hydrogens is 222 g/mol. The molecule has 0 unspecified atom stereocenters. The van der Waals surface area contributed by atoms with Crippen LogP contribution in [-0.2, 0) is 4.79 Å². The molecule has 0 aliphatic heterocycles.